The molecule has 1 atom stereocenters. The Labute approximate surface area is 127 Å². The van der Waals surface area contributed by atoms with Gasteiger partial charge in [-0.25, -0.2) is 4.39 Å². The van der Waals surface area contributed by atoms with E-state index in [1.807, 2.05) is 31.2 Å². The Hall–Kier alpha value is -1.84. The molecular formula is C17H15ClFNO. The number of para-hydroxylation sites is 1. The smallest absolute Gasteiger partial charge is 0.145 e. The number of furan rings is 1. The van der Waals surface area contributed by atoms with E-state index in [-0.39, 0.29) is 5.02 Å². The molecule has 0 spiro atoms. The maximum Gasteiger partial charge on any atom is 0.145 e. The number of hydrogen-bond acceptors (Lipinski definition) is 2. The van der Waals surface area contributed by atoms with Crippen LogP contribution in [0, 0.1) is 12.7 Å². The zero-order valence-electron chi connectivity index (χ0n) is 11.6. The highest BCUT2D eigenvalue weighted by Crippen LogP contribution is 2.28. The number of halogens is 2. The van der Waals surface area contributed by atoms with E-state index in [9.17, 15) is 4.39 Å². The molecular weight excluding hydrogens is 289 g/mol. The first-order valence-corrected chi connectivity index (χ1v) is 7.11. The molecule has 0 saturated carbocycles. The third kappa shape index (κ3) is 2.67. The van der Waals surface area contributed by atoms with Gasteiger partial charge < -0.3 is 10.2 Å². The molecule has 3 aromatic rings. The van der Waals surface area contributed by atoms with Crippen LogP contribution in [-0.2, 0) is 6.42 Å². The molecule has 2 N–H and O–H groups in total. The lowest BCUT2D eigenvalue weighted by molar-refractivity contribution is 0.486. The van der Waals surface area contributed by atoms with Crippen LogP contribution < -0.4 is 5.73 Å². The second-order valence-corrected chi connectivity index (χ2v) is 5.57. The molecule has 0 amide bonds. The van der Waals surface area contributed by atoms with Crippen LogP contribution in [0.4, 0.5) is 4.39 Å². The predicted molar refractivity (Wildman–Crippen MR) is 83.0 cm³/mol. The summed E-state index contributed by atoms with van der Waals surface area (Å²) in [6, 6.07) is 12.4. The summed E-state index contributed by atoms with van der Waals surface area (Å²) in [7, 11) is 0. The monoisotopic (exact) mass is 303 g/mol. The van der Waals surface area contributed by atoms with E-state index >= 15 is 0 Å². The number of nitrogens with two attached hydrogens (primary N) is 1. The van der Waals surface area contributed by atoms with Gasteiger partial charge in [-0.1, -0.05) is 41.9 Å². The van der Waals surface area contributed by atoms with E-state index < -0.39 is 11.9 Å². The van der Waals surface area contributed by atoms with E-state index in [1.54, 1.807) is 12.1 Å². The van der Waals surface area contributed by atoms with Crippen molar-refractivity contribution in [2.75, 3.05) is 0 Å². The zero-order valence-corrected chi connectivity index (χ0v) is 12.3. The first kappa shape index (κ1) is 14.1. The molecule has 0 bridgehead atoms. The van der Waals surface area contributed by atoms with Gasteiger partial charge in [0.1, 0.15) is 17.2 Å². The summed E-state index contributed by atoms with van der Waals surface area (Å²) in [4.78, 5) is 0. The second kappa shape index (κ2) is 5.51. The Bertz CT molecular complexity index is 797. The van der Waals surface area contributed by atoms with Gasteiger partial charge in [0.15, 0.2) is 0 Å². The molecule has 3 rings (SSSR count). The molecule has 108 valence electrons. The van der Waals surface area contributed by atoms with Gasteiger partial charge in [0.25, 0.3) is 0 Å². The van der Waals surface area contributed by atoms with Gasteiger partial charge in [0, 0.05) is 5.39 Å². The first-order chi connectivity index (χ1) is 10.1. The fourth-order valence-corrected chi connectivity index (χ4v) is 2.65. The van der Waals surface area contributed by atoms with Gasteiger partial charge in [0.2, 0.25) is 0 Å². The van der Waals surface area contributed by atoms with Crippen LogP contribution in [0.1, 0.15) is 22.9 Å². The summed E-state index contributed by atoms with van der Waals surface area (Å²) in [5.41, 5.74) is 8.53. The quantitative estimate of drug-likeness (QED) is 0.756. The summed E-state index contributed by atoms with van der Waals surface area (Å²) in [5, 5.41) is 1.12. The van der Waals surface area contributed by atoms with Crippen molar-refractivity contribution in [2.45, 2.75) is 19.4 Å². The lowest BCUT2D eigenvalue weighted by Crippen LogP contribution is -2.13. The van der Waals surface area contributed by atoms with Gasteiger partial charge in [-0.15, -0.1) is 0 Å². The molecule has 0 aliphatic carbocycles. The molecule has 0 radical (unpaired) electrons. The highest BCUT2D eigenvalue weighted by Gasteiger charge is 2.16. The normalized spacial score (nSPS) is 12.8. The Kier molecular flexibility index (Phi) is 3.70. The van der Waals surface area contributed by atoms with Gasteiger partial charge >= 0.3 is 0 Å². The maximum atomic E-state index is 13.9. The van der Waals surface area contributed by atoms with Crippen molar-refractivity contribution in [2.24, 2.45) is 5.73 Å². The van der Waals surface area contributed by atoms with E-state index in [0.717, 1.165) is 16.5 Å². The molecule has 1 aromatic heterocycles. The Morgan fingerprint density at radius 1 is 1.24 bits per heavy atom. The molecule has 21 heavy (non-hydrogen) atoms. The summed E-state index contributed by atoms with van der Waals surface area (Å²) >= 11 is 5.79. The van der Waals surface area contributed by atoms with Crippen molar-refractivity contribution in [1.82, 2.24) is 0 Å². The highest BCUT2D eigenvalue weighted by molar-refractivity contribution is 6.30. The molecule has 0 saturated heterocycles. The summed E-state index contributed by atoms with van der Waals surface area (Å²) in [6.45, 7) is 1.98. The van der Waals surface area contributed by atoms with E-state index in [1.165, 1.54) is 6.07 Å². The summed E-state index contributed by atoms with van der Waals surface area (Å²) in [5.74, 6) is 0.237. The third-order valence-corrected chi connectivity index (χ3v) is 3.89. The van der Waals surface area contributed by atoms with Crippen molar-refractivity contribution < 1.29 is 8.81 Å². The Morgan fingerprint density at radius 2 is 2.00 bits per heavy atom. The zero-order chi connectivity index (χ0) is 15.0. The van der Waals surface area contributed by atoms with Crippen LogP contribution in [0.2, 0.25) is 5.02 Å². The van der Waals surface area contributed by atoms with Gasteiger partial charge in [-0.2, -0.15) is 0 Å². The molecule has 2 nitrogen and oxygen atoms in total. The van der Waals surface area contributed by atoms with Gasteiger partial charge in [-0.05, 0) is 36.6 Å². The molecule has 0 fully saturated rings. The minimum absolute atomic E-state index is 0.111. The Morgan fingerprint density at radius 3 is 2.76 bits per heavy atom. The Balaban J connectivity index is 1.92. The molecule has 2 aromatic carbocycles. The summed E-state index contributed by atoms with van der Waals surface area (Å²) in [6.07, 6.45) is 0.339. The van der Waals surface area contributed by atoms with Crippen molar-refractivity contribution in [3.05, 3.63) is 70.2 Å². The fraction of sp³-hybridized carbons (Fsp3) is 0.176. The first-order valence-electron chi connectivity index (χ1n) is 6.74. The molecule has 0 aliphatic heterocycles. The van der Waals surface area contributed by atoms with Crippen LogP contribution in [0.25, 0.3) is 11.0 Å². The van der Waals surface area contributed by atoms with Crippen LogP contribution in [0.3, 0.4) is 0 Å². The van der Waals surface area contributed by atoms with Crippen LogP contribution >= 0.6 is 11.6 Å². The minimum atomic E-state index is -0.415. The average Bonchev–Trinajstić information content (AvgIpc) is 2.89. The van der Waals surface area contributed by atoms with Crippen LogP contribution in [-0.4, -0.2) is 0 Å². The maximum absolute atomic E-state index is 13.9. The third-order valence-electron chi connectivity index (χ3n) is 3.60. The van der Waals surface area contributed by atoms with E-state index in [0.29, 0.717) is 17.7 Å². The minimum Gasteiger partial charge on any atom is -0.459 e. The topological polar surface area (TPSA) is 39.2 Å². The van der Waals surface area contributed by atoms with E-state index in [4.69, 9.17) is 21.8 Å². The number of benzene rings is 2. The number of aryl methyl sites for hydroxylation is 1. The SMILES string of the molecule is Cc1cccc2cc(C(N)Cc3cccc(Cl)c3F)oc12. The fourth-order valence-electron chi connectivity index (χ4n) is 2.46. The lowest BCUT2D eigenvalue weighted by Gasteiger charge is -2.10. The number of hydrogen-bond donors (Lipinski definition) is 1. The largest absolute Gasteiger partial charge is 0.459 e. The van der Waals surface area contributed by atoms with Crippen molar-refractivity contribution in [1.29, 1.82) is 0 Å². The highest BCUT2D eigenvalue weighted by atomic mass is 35.5. The molecule has 4 heteroatoms. The van der Waals surface area contributed by atoms with E-state index in [2.05, 4.69) is 0 Å². The number of rotatable bonds is 3. The summed E-state index contributed by atoms with van der Waals surface area (Å²) < 4.78 is 19.8. The predicted octanol–water partition coefficient (Wildman–Crippen LogP) is 4.78. The van der Waals surface area contributed by atoms with Crippen molar-refractivity contribution in [3.8, 4) is 0 Å². The molecule has 1 unspecified atom stereocenters. The number of fused-ring (bicyclic) bond motifs is 1. The van der Waals surface area contributed by atoms with Crippen LogP contribution in [0.5, 0.6) is 0 Å². The van der Waals surface area contributed by atoms with Crippen LogP contribution in [0.15, 0.2) is 46.9 Å². The van der Waals surface area contributed by atoms with Crippen molar-refractivity contribution in [3.63, 3.8) is 0 Å². The standard InChI is InChI=1S/C17H15ClFNO/c1-10-4-2-6-12-9-15(21-17(10)12)14(20)8-11-5-3-7-13(18)16(11)19/h2-7,9,14H,8,20H2,1H3. The van der Waals surface area contributed by atoms with Crippen molar-refractivity contribution >= 4 is 22.6 Å². The average molecular weight is 304 g/mol. The lowest BCUT2D eigenvalue weighted by atomic mass is 10.0. The van der Waals surface area contributed by atoms with Gasteiger partial charge in [0.05, 0.1) is 11.1 Å². The molecule has 0 aliphatic rings. The molecule has 1 heterocycles. The second-order valence-electron chi connectivity index (χ2n) is 5.17. The van der Waals surface area contributed by atoms with Gasteiger partial charge in [-0.3, -0.25) is 0 Å².